The molecule has 16 heavy (non-hydrogen) atoms. The minimum absolute atomic E-state index is 0.379. The fraction of sp³-hybridized carbons (Fsp3) is 0.333. The number of carbonyl (C=O) groups is 1. The van der Waals surface area contributed by atoms with Crippen LogP contribution in [0.5, 0.6) is 0 Å². The molecule has 0 saturated heterocycles. The van der Waals surface area contributed by atoms with Crippen molar-refractivity contribution >= 4 is 16.9 Å². The maximum absolute atomic E-state index is 11.6. The summed E-state index contributed by atoms with van der Waals surface area (Å²) in [6.07, 6.45) is 0. The number of benzene rings is 1. The molecule has 0 atom stereocenters. The van der Waals surface area contributed by atoms with Gasteiger partial charge >= 0.3 is 5.97 Å². The SMILES string of the molecule is COC(=O)c1[nH]nc2c(C)cc(C)c(C)c12. The van der Waals surface area contributed by atoms with Crippen molar-refractivity contribution in [2.45, 2.75) is 20.8 Å². The molecule has 1 heterocycles. The first-order valence-corrected chi connectivity index (χ1v) is 5.09. The predicted molar refractivity (Wildman–Crippen MR) is 61.6 cm³/mol. The summed E-state index contributed by atoms with van der Waals surface area (Å²) in [5.41, 5.74) is 4.54. The van der Waals surface area contributed by atoms with E-state index in [4.69, 9.17) is 4.74 Å². The van der Waals surface area contributed by atoms with Crippen LogP contribution < -0.4 is 0 Å². The van der Waals surface area contributed by atoms with Crippen LogP contribution in [-0.4, -0.2) is 23.3 Å². The molecule has 4 heteroatoms. The normalized spacial score (nSPS) is 10.8. The highest BCUT2D eigenvalue weighted by atomic mass is 16.5. The van der Waals surface area contributed by atoms with E-state index in [1.807, 2.05) is 20.8 Å². The highest BCUT2D eigenvalue weighted by Crippen LogP contribution is 2.26. The Morgan fingerprint density at radius 2 is 2.00 bits per heavy atom. The topological polar surface area (TPSA) is 55.0 Å². The van der Waals surface area contributed by atoms with Gasteiger partial charge in [-0.3, -0.25) is 5.10 Å². The van der Waals surface area contributed by atoms with Crippen molar-refractivity contribution in [3.8, 4) is 0 Å². The lowest BCUT2D eigenvalue weighted by Gasteiger charge is -2.05. The largest absolute Gasteiger partial charge is 0.464 e. The van der Waals surface area contributed by atoms with Gasteiger partial charge in [-0.1, -0.05) is 6.07 Å². The van der Waals surface area contributed by atoms with E-state index in [0.29, 0.717) is 5.69 Å². The quantitative estimate of drug-likeness (QED) is 0.747. The van der Waals surface area contributed by atoms with Crippen LogP contribution in [0.3, 0.4) is 0 Å². The number of methoxy groups -OCH3 is 1. The highest BCUT2D eigenvalue weighted by molar-refractivity contribution is 6.04. The number of carbonyl (C=O) groups excluding carboxylic acids is 1. The molecule has 0 aliphatic heterocycles. The Labute approximate surface area is 93.6 Å². The lowest BCUT2D eigenvalue weighted by molar-refractivity contribution is 0.0596. The van der Waals surface area contributed by atoms with E-state index < -0.39 is 0 Å². The van der Waals surface area contributed by atoms with E-state index in [1.165, 1.54) is 7.11 Å². The van der Waals surface area contributed by atoms with Crippen molar-refractivity contribution in [2.24, 2.45) is 0 Å². The summed E-state index contributed by atoms with van der Waals surface area (Å²) in [4.78, 5) is 11.6. The monoisotopic (exact) mass is 218 g/mol. The number of hydrogen-bond acceptors (Lipinski definition) is 3. The first kappa shape index (κ1) is 10.7. The Kier molecular flexibility index (Phi) is 2.42. The molecule has 2 aromatic rings. The van der Waals surface area contributed by atoms with Gasteiger partial charge in [-0.05, 0) is 37.5 Å². The number of aromatic nitrogens is 2. The number of ether oxygens (including phenoxy) is 1. The lowest BCUT2D eigenvalue weighted by atomic mass is 10.00. The smallest absolute Gasteiger partial charge is 0.356 e. The van der Waals surface area contributed by atoms with Crippen LogP contribution in [0.4, 0.5) is 0 Å². The molecule has 1 aromatic carbocycles. The van der Waals surface area contributed by atoms with E-state index in [9.17, 15) is 4.79 Å². The molecule has 0 fully saturated rings. The van der Waals surface area contributed by atoms with Gasteiger partial charge < -0.3 is 4.74 Å². The molecular formula is C12H14N2O2. The zero-order valence-electron chi connectivity index (χ0n) is 9.84. The minimum Gasteiger partial charge on any atom is -0.464 e. The van der Waals surface area contributed by atoms with Crippen LogP contribution in [0.25, 0.3) is 10.9 Å². The molecule has 0 spiro atoms. The molecule has 0 aliphatic carbocycles. The molecule has 0 unspecified atom stereocenters. The average Bonchev–Trinajstić information content (AvgIpc) is 2.70. The van der Waals surface area contributed by atoms with Crippen LogP contribution in [0.1, 0.15) is 27.2 Å². The van der Waals surface area contributed by atoms with E-state index in [2.05, 4.69) is 16.3 Å². The molecule has 1 N–H and O–H groups in total. The van der Waals surface area contributed by atoms with Crippen molar-refractivity contribution in [2.75, 3.05) is 7.11 Å². The molecule has 0 radical (unpaired) electrons. The fourth-order valence-electron chi connectivity index (χ4n) is 1.94. The standard InChI is InChI=1S/C12H14N2O2/c1-6-5-7(2)10-9(8(6)3)11(14-13-10)12(15)16-4/h5H,1-4H3,(H,13,14). The molecule has 4 nitrogen and oxygen atoms in total. The molecule has 1 aromatic heterocycles. The van der Waals surface area contributed by atoms with Gasteiger partial charge in [-0.25, -0.2) is 4.79 Å². The summed E-state index contributed by atoms with van der Waals surface area (Å²) in [5.74, 6) is -0.379. The minimum atomic E-state index is -0.379. The number of fused-ring (bicyclic) bond motifs is 1. The van der Waals surface area contributed by atoms with E-state index >= 15 is 0 Å². The van der Waals surface area contributed by atoms with Gasteiger partial charge in [0.15, 0.2) is 5.69 Å². The molecule has 0 saturated carbocycles. The first-order chi connectivity index (χ1) is 7.56. The average molecular weight is 218 g/mol. The summed E-state index contributed by atoms with van der Waals surface area (Å²) in [6.45, 7) is 5.99. The van der Waals surface area contributed by atoms with Gasteiger partial charge in [0, 0.05) is 5.39 Å². The van der Waals surface area contributed by atoms with Crippen molar-refractivity contribution < 1.29 is 9.53 Å². The number of hydrogen-bond donors (Lipinski definition) is 1. The number of rotatable bonds is 1. The van der Waals surface area contributed by atoms with E-state index in [0.717, 1.165) is 27.6 Å². The van der Waals surface area contributed by atoms with Crippen molar-refractivity contribution in [3.63, 3.8) is 0 Å². The molecule has 0 amide bonds. The summed E-state index contributed by atoms with van der Waals surface area (Å²) in [6, 6.07) is 2.07. The van der Waals surface area contributed by atoms with Crippen molar-refractivity contribution in [3.05, 3.63) is 28.5 Å². The number of nitrogens with one attached hydrogen (secondary N) is 1. The number of nitrogens with zero attached hydrogens (tertiary/aromatic N) is 1. The van der Waals surface area contributed by atoms with Crippen LogP contribution in [-0.2, 0) is 4.74 Å². The third kappa shape index (κ3) is 1.38. The summed E-state index contributed by atoms with van der Waals surface area (Å²) in [5, 5.41) is 7.78. The maximum atomic E-state index is 11.6. The fourth-order valence-corrected chi connectivity index (χ4v) is 1.94. The first-order valence-electron chi connectivity index (χ1n) is 5.09. The van der Waals surface area contributed by atoms with Gasteiger partial charge in [0.25, 0.3) is 0 Å². The second-order valence-corrected chi connectivity index (χ2v) is 3.95. The number of aryl methyl sites for hydroxylation is 3. The van der Waals surface area contributed by atoms with Gasteiger partial charge in [-0.2, -0.15) is 5.10 Å². The molecule has 2 rings (SSSR count). The van der Waals surface area contributed by atoms with Gasteiger partial charge in [0.1, 0.15) is 0 Å². The van der Waals surface area contributed by atoms with Crippen molar-refractivity contribution in [1.82, 2.24) is 10.2 Å². The molecule has 0 aliphatic rings. The summed E-state index contributed by atoms with van der Waals surface area (Å²) in [7, 11) is 1.37. The lowest BCUT2D eigenvalue weighted by Crippen LogP contribution is -2.03. The van der Waals surface area contributed by atoms with Gasteiger partial charge in [0.2, 0.25) is 0 Å². The van der Waals surface area contributed by atoms with E-state index in [-0.39, 0.29) is 5.97 Å². The molecule has 0 bridgehead atoms. The maximum Gasteiger partial charge on any atom is 0.356 e. The number of esters is 1. The van der Waals surface area contributed by atoms with Crippen molar-refractivity contribution in [1.29, 1.82) is 0 Å². The third-order valence-electron chi connectivity index (χ3n) is 2.93. The Morgan fingerprint density at radius 3 is 2.62 bits per heavy atom. The van der Waals surface area contributed by atoms with Crippen LogP contribution in [0, 0.1) is 20.8 Å². The Morgan fingerprint density at radius 1 is 1.31 bits per heavy atom. The van der Waals surface area contributed by atoms with E-state index in [1.54, 1.807) is 0 Å². The summed E-state index contributed by atoms with van der Waals surface area (Å²) >= 11 is 0. The van der Waals surface area contributed by atoms with Crippen LogP contribution in [0.15, 0.2) is 6.07 Å². The number of H-pyrrole nitrogens is 1. The highest BCUT2D eigenvalue weighted by Gasteiger charge is 2.17. The van der Waals surface area contributed by atoms with Crippen LogP contribution >= 0.6 is 0 Å². The zero-order valence-corrected chi connectivity index (χ0v) is 9.84. The van der Waals surface area contributed by atoms with Gasteiger partial charge in [0.05, 0.1) is 12.6 Å². The van der Waals surface area contributed by atoms with Gasteiger partial charge in [-0.15, -0.1) is 0 Å². The Balaban J connectivity index is 2.85. The second kappa shape index (κ2) is 3.63. The van der Waals surface area contributed by atoms with Crippen LogP contribution in [0.2, 0.25) is 0 Å². The zero-order chi connectivity index (χ0) is 11.9. The predicted octanol–water partition coefficient (Wildman–Crippen LogP) is 2.27. The molecule has 84 valence electrons. The number of aromatic amines is 1. The summed E-state index contributed by atoms with van der Waals surface area (Å²) < 4.78 is 4.73. The molecular weight excluding hydrogens is 204 g/mol. The third-order valence-corrected chi connectivity index (χ3v) is 2.93. The Bertz CT molecular complexity index is 570. The second-order valence-electron chi connectivity index (χ2n) is 3.95. The Hall–Kier alpha value is -1.84.